The van der Waals surface area contributed by atoms with Crippen LogP contribution in [0, 0.1) is 5.41 Å². The minimum atomic E-state index is -0.850. The molecule has 6 nitrogen and oxygen atoms in total. The Hall–Kier alpha value is -2.28. The maximum absolute atomic E-state index is 13.0. The van der Waals surface area contributed by atoms with Crippen molar-refractivity contribution in [3.8, 4) is 0 Å². The van der Waals surface area contributed by atoms with Gasteiger partial charge in [-0.15, -0.1) is 0 Å². The maximum atomic E-state index is 13.0. The van der Waals surface area contributed by atoms with Crippen LogP contribution in [0.25, 0.3) is 0 Å². The van der Waals surface area contributed by atoms with Crippen LogP contribution in [0.2, 0.25) is 10.0 Å². The zero-order chi connectivity index (χ0) is 20.7. The molecule has 0 atom stereocenters. The molecule has 8 heteroatoms. The van der Waals surface area contributed by atoms with Crippen molar-refractivity contribution in [3.05, 3.63) is 64.1 Å². The van der Waals surface area contributed by atoms with Crippen LogP contribution in [-0.4, -0.2) is 31.8 Å². The zero-order valence-electron chi connectivity index (χ0n) is 15.8. The zero-order valence-corrected chi connectivity index (χ0v) is 17.3. The highest BCUT2D eigenvalue weighted by Gasteiger charge is 2.41. The smallest absolute Gasteiger partial charge is 0.411 e. The van der Waals surface area contributed by atoms with Gasteiger partial charge in [-0.25, -0.2) is 4.79 Å². The quantitative estimate of drug-likeness (QED) is 0.690. The van der Waals surface area contributed by atoms with Gasteiger partial charge in [0.25, 0.3) is 0 Å². The predicted molar refractivity (Wildman–Crippen MR) is 112 cm³/mol. The number of carbonyl (C=O) groups is 2. The van der Waals surface area contributed by atoms with E-state index in [4.69, 9.17) is 32.7 Å². The minimum Gasteiger partial charge on any atom is -0.448 e. The van der Waals surface area contributed by atoms with Gasteiger partial charge in [-0.3, -0.25) is 10.1 Å². The Balaban J connectivity index is 1.62. The van der Waals surface area contributed by atoms with Gasteiger partial charge in [0.15, 0.2) is 0 Å². The lowest BCUT2D eigenvalue weighted by atomic mass is 9.80. The van der Waals surface area contributed by atoms with Gasteiger partial charge < -0.3 is 14.8 Å². The Morgan fingerprint density at radius 2 is 1.66 bits per heavy atom. The largest absolute Gasteiger partial charge is 0.448 e. The Bertz CT molecular complexity index is 869. The van der Waals surface area contributed by atoms with E-state index in [2.05, 4.69) is 10.6 Å². The van der Waals surface area contributed by atoms with Crippen LogP contribution >= 0.6 is 23.2 Å². The second-order valence-electron chi connectivity index (χ2n) is 6.85. The molecule has 0 unspecified atom stereocenters. The van der Waals surface area contributed by atoms with E-state index in [0.29, 0.717) is 48.3 Å². The molecule has 0 bridgehead atoms. The first-order chi connectivity index (χ1) is 14.0. The van der Waals surface area contributed by atoms with Crippen molar-refractivity contribution in [2.45, 2.75) is 19.4 Å². The molecular formula is C21H22Cl2N2O4. The molecule has 1 aliphatic rings. The number of carbonyl (C=O) groups excluding carboxylic acids is 2. The van der Waals surface area contributed by atoms with E-state index in [-0.39, 0.29) is 12.5 Å². The molecule has 2 amide bonds. The molecule has 0 saturated carbocycles. The van der Waals surface area contributed by atoms with Crippen molar-refractivity contribution < 1.29 is 19.1 Å². The van der Waals surface area contributed by atoms with Crippen molar-refractivity contribution in [2.24, 2.45) is 5.41 Å². The lowest BCUT2D eigenvalue weighted by Crippen LogP contribution is -2.48. The molecule has 3 rings (SSSR count). The number of benzene rings is 2. The third-order valence-electron chi connectivity index (χ3n) is 4.92. The fraction of sp³-hybridized carbons (Fsp3) is 0.333. The molecule has 0 aromatic heterocycles. The van der Waals surface area contributed by atoms with E-state index in [1.54, 1.807) is 30.3 Å². The van der Waals surface area contributed by atoms with Gasteiger partial charge in [0.2, 0.25) is 5.91 Å². The fourth-order valence-corrected chi connectivity index (χ4v) is 3.50. The van der Waals surface area contributed by atoms with Crippen molar-refractivity contribution in [2.75, 3.05) is 25.1 Å². The van der Waals surface area contributed by atoms with Gasteiger partial charge in [0.1, 0.15) is 6.61 Å². The number of nitrogens with one attached hydrogen (secondary N) is 2. The molecule has 0 radical (unpaired) electrons. The van der Waals surface area contributed by atoms with Gasteiger partial charge in [-0.1, -0.05) is 53.5 Å². The van der Waals surface area contributed by atoms with E-state index in [9.17, 15) is 9.59 Å². The van der Waals surface area contributed by atoms with Gasteiger partial charge >= 0.3 is 6.09 Å². The average Bonchev–Trinajstić information content (AvgIpc) is 2.74. The number of para-hydroxylation sites is 1. The molecule has 29 heavy (non-hydrogen) atoms. The van der Waals surface area contributed by atoms with Crippen LogP contribution in [-0.2, 0) is 20.8 Å². The summed E-state index contributed by atoms with van der Waals surface area (Å²) < 4.78 is 10.8. The van der Waals surface area contributed by atoms with E-state index in [1.807, 2.05) is 18.2 Å². The number of hydrogen-bond donors (Lipinski definition) is 2. The van der Waals surface area contributed by atoms with Crippen LogP contribution in [0.5, 0.6) is 0 Å². The first kappa shape index (κ1) is 21.4. The highest BCUT2D eigenvalue weighted by Crippen LogP contribution is 2.32. The van der Waals surface area contributed by atoms with Crippen LogP contribution in [0.1, 0.15) is 18.4 Å². The maximum Gasteiger partial charge on any atom is 0.411 e. The summed E-state index contributed by atoms with van der Waals surface area (Å²) in [6.45, 7) is 1.10. The molecular weight excluding hydrogens is 415 g/mol. The highest BCUT2D eigenvalue weighted by molar-refractivity contribution is 6.33. The normalized spacial score (nSPS) is 15.4. The summed E-state index contributed by atoms with van der Waals surface area (Å²) in [7, 11) is 0. The number of hydrogen-bond acceptors (Lipinski definition) is 4. The Morgan fingerprint density at radius 1 is 1.00 bits per heavy atom. The van der Waals surface area contributed by atoms with E-state index in [0.717, 1.165) is 5.56 Å². The topological polar surface area (TPSA) is 76.7 Å². The number of ether oxygens (including phenoxy) is 2. The number of anilines is 1. The van der Waals surface area contributed by atoms with Crippen molar-refractivity contribution in [1.82, 2.24) is 5.32 Å². The SMILES string of the molecule is O=C(Nc1ccccc1Cl)OCC1(C(=O)NCc2ccccc2Cl)CCOCC1. The fourth-order valence-electron chi connectivity index (χ4n) is 3.12. The summed E-state index contributed by atoms with van der Waals surface area (Å²) >= 11 is 12.2. The lowest BCUT2D eigenvalue weighted by molar-refractivity contribution is -0.140. The molecule has 2 aromatic carbocycles. The summed E-state index contributed by atoms with van der Waals surface area (Å²) in [5.41, 5.74) is 0.419. The molecule has 0 spiro atoms. The Morgan fingerprint density at radius 3 is 2.34 bits per heavy atom. The van der Waals surface area contributed by atoms with E-state index in [1.165, 1.54) is 0 Å². The van der Waals surface area contributed by atoms with E-state index < -0.39 is 11.5 Å². The summed E-state index contributed by atoms with van der Waals surface area (Å²) in [5, 5.41) is 6.51. The molecule has 1 saturated heterocycles. The van der Waals surface area contributed by atoms with Gasteiger partial charge in [0, 0.05) is 24.8 Å². The monoisotopic (exact) mass is 436 g/mol. The summed E-state index contributed by atoms with van der Waals surface area (Å²) in [6, 6.07) is 14.2. The summed E-state index contributed by atoms with van der Waals surface area (Å²) in [4.78, 5) is 25.2. The second kappa shape index (κ2) is 9.96. The molecule has 2 N–H and O–H groups in total. The molecule has 2 aromatic rings. The van der Waals surface area contributed by atoms with Crippen molar-refractivity contribution in [1.29, 1.82) is 0 Å². The van der Waals surface area contributed by atoms with Crippen LogP contribution in [0.15, 0.2) is 48.5 Å². The lowest BCUT2D eigenvalue weighted by Gasteiger charge is -2.35. The first-order valence-corrected chi connectivity index (χ1v) is 10.0. The third-order valence-corrected chi connectivity index (χ3v) is 5.62. The van der Waals surface area contributed by atoms with Gasteiger partial charge in [-0.2, -0.15) is 0 Å². The number of amides is 2. The standard InChI is InChI=1S/C21H22Cl2N2O4/c22-16-6-2-1-5-15(16)13-24-19(26)21(9-11-28-12-10-21)14-29-20(27)25-18-8-4-3-7-17(18)23/h1-8H,9-14H2,(H,24,26)(H,25,27). The molecule has 1 fully saturated rings. The van der Waals surface area contributed by atoms with E-state index >= 15 is 0 Å². The molecule has 1 heterocycles. The third kappa shape index (κ3) is 5.63. The van der Waals surface area contributed by atoms with Crippen molar-refractivity contribution in [3.63, 3.8) is 0 Å². The number of halogens is 2. The average molecular weight is 437 g/mol. The first-order valence-electron chi connectivity index (χ1n) is 9.28. The van der Waals surface area contributed by atoms with Crippen LogP contribution < -0.4 is 10.6 Å². The van der Waals surface area contributed by atoms with Crippen LogP contribution in [0.3, 0.4) is 0 Å². The number of rotatable bonds is 6. The Labute approximate surface area is 179 Å². The summed E-state index contributed by atoms with van der Waals surface area (Å²) in [6.07, 6.45) is 0.254. The predicted octanol–water partition coefficient (Wildman–Crippen LogP) is 4.66. The van der Waals surface area contributed by atoms with Crippen molar-refractivity contribution >= 4 is 40.9 Å². The molecule has 0 aliphatic carbocycles. The van der Waals surface area contributed by atoms with Crippen LogP contribution in [0.4, 0.5) is 10.5 Å². The summed E-state index contributed by atoms with van der Waals surface area (Å²) in [5.74, 6) is -0.189. The van der Waals surface area contributed by atoms with Gasteiger partial charge in [-0.05, 0) is 36.6 Å². The molecule has 154 valence electrons. The minimum absolute atomic E-state index is 0.0546. The highest BCUT2D eigenvalue weighted by atomic mass is 35.5. The second-order valence-corrected chi connectivity index (χ2v) is 7.66. The van der Waals surface area contributed by atoms with Gasteiger partial charge in [0.05, 0.1) is 16.1 Å². The molecule has 1 aliphatic heterocycles. The Kier molecular flexibility index (Phi) is 7.36.